The molecule has 0 spiro atoms. The Morgan fingerprint density at radius 2 is 1.74 bits per heavy atom. The molecule has 0 radical (unpaired) electrons. The molecule has 1 aliphatic heterocycles. The molecule has 31 heavy (non-hydrogen) atoms. The SMILES string of the molecule is CCCCCCCc1nnc(Cc2cc([C@H]3O[C@H](CO)[C@H](O)[C@H](O)[C@H]3O)ccc2Cl)s1. The topological polar surface area (TPSA) is 116 Å². The number of unbranched alkanes of at least 4 members (excludes halogenated alkanes) is 4. The molecule has 2 heterocycles. The molecule has 0 saturated carbocycles. The first-order valence-corrected chi connectivity index (χ1v) is 12.0. The summed E-state index contributed by atoms with van der Waals surface area (Å²) in [5, 5.41) is 50.9. The second-order valence-electron chi connectivity index (χ2n) is 8.03. The second kappa shape index (κ2) is 11.7. The van der Waals surface area contributed by atoms with Crippen LogP contribution in [0.25, 0.3) is 0 Å². The predicted octanol–water partition coefficient (Wildman–Crippen LogP) is 2.81. The standard InChI is InChI=1S/C22H31ClN2O5S/c1-2-3-4-5-6-7-17-24-25-18(31-17)11-14-10-13(8-9-15(14)23)22-21(29)20(28)19(27)16(12-26)30-22/h8-10,16,19-22,26-29H,2-7,11-12H2,1H3/t16-,19+,20+,21-,22-/m1/s1. The average molecular weight is 471 g/mol. The number of ether oxygens (including phenoxy) is 1. The van der Waals surface area contributed by atoms with E-state index in [0.29, 0.717) is 17.0 Å². The maximum atomic E-state index is 10.4. The number of halogens is 1. The lowest BCUT2D eigenvalue weighted by Crippen LogP contribution is -2.55. The number of aliphatic hydroxyl groups is 4. The van der Waals surface area contributed by atoms with Crippen LogP contribution in [-0.2, 0) is 17.6 Å². The molecule has 1 saturated heterocycles. The molecule has 0 amide bonds. The van der Waals surface area contributed by atoms with Crippen LogP contribution in [-0.4, -0.2) is 61.6 Å². The third-order valence-electron chi connectivity index (χ3n) is 5.64. The molecular formula is C22H31ClN2O5S. The van der Waals surface area contributed by atoms with E-state index in [1.165, 1.54) is 25.7 Å². The van der Waals surface area contributed by atoms with Crippen molar-refractivity contribution < 1.29 is 25.2 Å². The Labute approximate surface area is 191 Å². The highest BCUT2D eigenvalue weighted by Gasteiger charge is 2.44. The molecule has 1 aliphatic rings. The normalized spacial score (nSPS) is 26.3. The number of aromatic nitrogens is 2. The van der Waals surface area contributed by atoms with E-state index in [4.69, 9.17) is 16.3 Å². The summed E-state index contributed by atoms with van der Waals surface area (Å²) in [5.41, 5.74) is 1.42. The van der Waals surface area contributed by atoms with Gasteiger partial charge in [0.15, 0.2) is 0 Å². The number of hydrogen-bond donors (Lipinski definition) is 4. The summed E-state index contributed by atoms with van der Waals surface area (Å²) in [6, 6.07) is 5.23. The van der Waals surface area contributed by atoms with Crippen LogP contribution in [0.5, 0.6) is 0 Å². The molecule has 3 rings (SSSR count). The monoisotopic (exact) mass is 470 g/mol. The van der Waals surface area contributed by atoms with Gasteiger partial charge in [-0.2, -0.15) is 0 Å². The Balaban J connectivity index is 1.68. The zero-order valence-corrected chi connectivity index (χ0v) is 19.2. The van der Waals surface area contributed by atoms with Crippen molar-refractivity contribution in [3.05, 3.63) is 44.4 Å². The smallest absolute Gasteiger partial charge is 0.121 e. The van der Waals surface area contributed by atoms with Crippen LogP contribution in [0.4, 0.5) is 0 Å². The summed E-state index contributed by atoms with van der Waals surface area (Å²) in [5.74, 6) is 0. The largest absolute Gasteiger partial charge is 0.394 e. The Bertz CT molecular complexity index is 834. The van der Waals surface area contributed by atoms with Crippen molar-refractivity contribution in [1.29, 1.82) is 0 Å². The molecule has 1 aromatic heterocycles. The van der Waals surface area contributed by atoms with Gasteiger partial charge in [0.2, 0.25) is 0 Å². The molecule has 0 bridgehead atoms. The van der Waals surface area contributed by atoms with Gasteiger partial charge >= 0.3 is 0 Å². The third-order valence-corrected chi connectivity index (χ3v) is 6.99. The zero-order chi connectivity index (χ0) is 22.4. The van der Waals surface area contributed by atoms with Gasteiger partial charge in [-0.25, -0.2) is 0 Å². The molecule has 4 N–H and O–H groups in total. The van der Waals surface area contributed by atoms with E-state index < -0.39 is 37.1 Å². The molecule has 1 fully saturated rings. The van der Waals surface area contributed by atoms with Gasteiger partial charge in [0.05, 0.1) is 6.61 Å². The highest BCUT2D eigenvalue weighted by atomic mass is 35.5. The number of rotatable bonds is 10. The Morgan fingerprint density at radius 1 is 1.00 bits per heavy atom. The predicted molar refractivity (Wildman–Crippen MR) is 119 cm³/mol. The van der Waals surface area contributed by atoms with Crippen molar-refractivity contribution in [2.45, 2.75) is 82.4 Å². The highest BCUT2D eigenvalue weighted by Crippen LogP contribution is 2.34. The van der Waals surface area contributed by atoms with Gasteiger partial charge in [-0.15, -0.1) is 21.5 Å². The first-order chi connectivity index (χ1) is 14.9. The van der Waals surface area contributed by atoms with E-state index >= 15 is 0 Å². The molecule has 172 valence electrons. The quantitative estimate of drug-likeness (QED) is 0.394. The molecular weight excluding hydrogens is 440 g/mol. The Kier molecular flexibility index (Phi) is 9.21. The molecule has 5 atom stereocenters. The van der Waals surface area contributed by atoms with Gasteiger partial charge in [-0.3, -0.25) is 0 Å². The molecule has 0 unspecified atom stereocenters. The van der Waals surface area contributed by atoms with Crippen molar-refractivity contribution in [2.24, 2.45) is 0 Å². The summed E-state index contributed by atoms with van der Waals surface area (Å²) in [4.78, 5) is 0. The molecule has 0 aliphatic carbocycles. The van der Waals surface area contributed by atoms with E-state index in [2.05, 4.69) is 17.1 Å². The van der Waals surface area contributed by atoms with E-state index in [1.54, 1.807) is 29.5 Å². The first kappa shape index (κ1) is 24.5. The first-order valence-electron chi connectivity index (χ1n) is 10.8. The van der Waals surface area contributed by atoms with Gasteiger partial charge in [0.1, 0.15) is 40.5 Å². The van der Waals surface area contributed by atoms with Gasteiger partial charge in [-0.05, 0) is 23.6 Å². The minimum Gasteiger partial charge on any atom is -0.394 e. The average Bonchev–Trinajstić information content (AvgIpc) is 3.21. The van der Waals surface area contributed by atoms with Gasteiger partial charge in [0.25, 0.3) is 0 Å². The minimum absolute atomic E-state index is 0.464. The highest BCUT2D eigenvalue weighted by molar-refractivity contribution is 7.11. The second-order valence-corrected chi connectivity index (χ2v) is 9.58. The van der Waals surface area contributed by atoms with Crippen molar-refractivity contribution in [1.82, 2.24) is 10.2 Å². The molecule has 7 nitrogen and oxygen atoms in total. The summed E-state index contributed by atoms with van der Waals surface area (Å²) in [7, 11) is 0. The third kappa shape index (κ3) is 6.22. The van der Waals surface area contributed by atoms with E-state index in [1.807, 2.05) is 0 Å². The van der Waals surface area contributed by atoms with E-state index in [9.17, 15) is 20.4 Å². The van der Waals surface area contributed by atoms with Crippen LogP contribution >= 0.6 is 22.9 Å². The van der Waals surface area contributed by atoms with Gasteiger partial charge in [0, 0.05) is 17.9 Å². The lowest BCUT2D eigenvalue weighted by atomic mass is 9.90. The van der Waals surface area contributed by atoms with Crippen LogP contribution in [0.15, 0.2) is 18.2 Å². The fourth-order valence-corrected chi connectivity index (χ4v) is 4.88. The number of aliphatic hydroxyl groups excluding tert-OH is 4. The van der Waals surface area contributed by atoms with E-state index in [-0.39, 0.29) is 0 Å². The van der Waals surface area contributed by atoms with Crippen LogP contribution in [0.3, 0.4) is 0 Å². The Morgan fingerprint density at radius 3 is 2.48 bits per heavy atom. The number of nitrogens with zero attached hydrogens (tertiary/aromatic N) is 2. The maximum Gasteiger partial charge on any atom is 0.121 e. The summed E-state index contributed by atoms with van der Waals surface area (Å²) in [6.07, 6.45) is 1.52. The summed E-state index contributed by atoms with van der Waals surface area (Å²) in [6.45, 7) is 1.74. The summed E-state index contributed by atoms with van der Waals surface area (Å²) >= 11 is 7.97. The number of hydrogen-bond acceptors (Lipinski definition) is 8. The van der Waals surface area contributed by atoms with Crippen LogP contribution in [0, 0.1) is 0 Å². The van der Waals surface area contributed by atoms with Crippen molar-refractivity contribution in [3.63, 3.8) is 0 Å². The molecule has 2 aromatic rings. The van der Waals surface area contributed by atoms with Gasteiger partial charge in [-0.1, -0.05) is 56.3 Å². The fraction of sp³-hybridized carbons (Fsp3) is 0.636. The summed E-state index contributed by atoms with van der Waals surface area (Å²) < 4.78 is 5.66. The molecule has 9 heteroatoms. The van der Waals surface area contributed by atoms with Crippen molar-refractivity contribution in [3.8, 4) is 0 Å². The van der Waals surface area contributed by atoms with Crippen LogP contribution in [0.1, 0.15) is 66.3 Å². The van der Waals surface area contributed by atoms with E-state index in [0.717, 1.165) is 28.4 Å². The minimum atomic E-state index is -1.42. The lowest BCUT2D eigenvalue weighted by molar-refractivity contribution is -0.231. The zero-order valence-electron chi connectivity index (χ0n) is 17.7. The molecule has 1 aromatic carbocycles. The van der Waals surface area contributed by atoms with Crippen molar-refractivity contribution >= 4 is 22.9 Å². The van der Waals surface area contributed by atoms with Crippen LogP contribution < -0.4 is 0 Å². The fourth-order valence-electron chi connectivity index (χ4n) is 3.79. The number of aryl methyl sites for hydroxylation is 1. The number of benzene rings is 1. The van der Waals surface area contributed by atoms with Crippen molar-refractivity contribution in [2.75, 3.05) is 6.61 Å². The lowest BCUT2D eigenvalue weighted by Gasteiger charge is -2.40. The van der Waals surface area contributed by atoms with Gasteiger partial charge < -0.3 is 25.2 Å². The Hall–Kier alpha value is -1.13. The maximum absolute atomic E-state index is 10.4. The van der Waals surface area contributed by atoms with Crippen LogP contribution in [0.2, 0.25) is 5.02 Å².